The van der Waals surface area contributed by atoms with Crippen molar-refractivity contribution in [3.63, 3.8) is 0 Å². The highest BCUT2D eigenvalue weighted by Crippen LogP contribution is 2.66. The number of carboxylic acids is 1. The zero-order valence-corrected chi connectivity index (χ0v) is 16.8. The number of ketones is 1. The van der Waals surface area contributed by atoms with Crippen LogP contribution in [0.5, 0.6) is 0 Å². The molecule has 3 nitrogen and oxygen atoms in total. The second-order valence-corrected chi connectivity index (χ2v) is 9.89. The number of hydrogen-bond donors (Lipinski definition) is 1. The van der Waals surface area contributed by atoms with Gasteiger partial charge in [0.15, 0.2) is 5.78 Å². The third kappa shape index (κ3) is 2.85. The summed E-state index contributed by atoms with van der Waals surface area (Å²) in [6.07, 6.45) is 16.3. The van der Waals surface area contributed by atoms with Crippen molar-refractivity contribution in [1.82, 2.24) is 0 Å². The molecule has 1 N–H and O–H groups in total. The minimum absolute atomic E-state index is 0.0606. The molecule has 4 rings (SSSR count). The first-order valence-electron chi connectivity index (χ1n) is 10.6. The zero-order valence-electron chi connectivity index (χ0n) is 16.8. The first-order chi connectivity index (χ1) is 12.8. The van der Waals surface area contributed by atoms with Gasteiger partial charge in [0.05, 0.1) is 0 Å². The molecule has 4 aliphatic rings. The second-order valence-electron chi connectivity index (χ2n) is 9.89. The Kier molecular flexibility index (Phi) is 4.48. The smallest absolute Gasteiger partial charge is 0.327 e. The molecule has 0 bridgehead atoms. The molecule has 0 heterocycles. The van der Waals surface area contributed by atoms with Gasteiger partial charge in [-0.25, -0.2) is 4.79 Å². The molecule has 3 fully saturated rings. The number of hydrogen-bond acceptors (Lipinski definition) is 2. The van der Waals surface area contributed by atoms with Crippen LogP contribution in [0.4, 0.5) is 0 Å². The molecule has 27 heavy (non-hydrogen) atoms. The van der Waals surface area contributed by atoms with E-state index in [-0.39, 0.29) is 11.2 Å². The maximum Gasteiger partial charge on any atom is 0.327 e. The Balaban J connectivity index is 1.59. The number of rotatable bonds is 3. The maximum atomic E-state index is 11.9. The summed E-state index contributed by atoms with van der Waals surface area (Å²) in [4.78, 5) is 22.8. The van der Waals surface area contributed by atoms with E-state index < -0.39 is 5.97 Å². The minimum atomic E-state index is -0.844. The summed E-state index contributed by atoms with van der Waals surface area (Å²) < 4.78 is 0. The van der Waals surface area contributed by atoms with Crippen LogP contribution in [0.1, 0.15) is 59.3 Å². The van der Waals surface area contributed by atoms with E-state index in [1.165, 1.54) is 43.8 Å². The largest absolute Gasteiger partial charge is 0.478 e. The third-order valence-corrected chi connectivity index (χ3v) is 8.81. The topological polar surface area (TPSA) is 54.4 Å². The van der Waals surface area contributed by atoms with Crippen LogP contribution in [-0.4, -0.2) is 16.9 Å². The Labute approximate surface area is 162 Å². The van der Waals surface area contributed by atoms with Crippen LogP contribution in [0, 0.1) is 40.4 Å². The lowest BCUT2D eigenvalue weighted by molar-refractivity contribution is -0.131. The number of carboxylic acid groups (broad SMARTS) is 1. The van der Waals surface area contributed by atoms with Gasteiger partial charge in [0.25, 0.3) is 0 Å². The minimum Gasteiger partial charge on any atom is -0.478 e. The normalized spacial score (nSPS) is 44.4. The van der Waals surface area contributed by atoms with Gasteiger partial charge in [-0.3, -0.25) is 4.79 Å². The van der Waals surface area contributed by atoms with Crippen molar-refractivity contribution in [1.29, 1.82) is 0 Å². The number of carbonyl (C=O) groups is 2. The van der Waals surface area contributed by atoms with Gasteiger partial charge >= 0.3 is 5.97 Å². The van der Waals surface area contributed by atoms with E-state index >= 15 is 0 Å². The summed E-state index contributed by atoms with van der Waals surface area (Å²) in [7, 11) is 0. The van der Waals surface area contributed by atoms with Crippen molar-refractivity contribution in [2.24, 2.45) is 40.4 Å². The van der Waals surface area contributed by atoms with Gasteiger partial charge in [0.1, 0.15) is 0 Å². The fraction of sp³-hybridized carbons (Fsp3) is 0.667. The molecular formula is C24H32O3. The Bertz CT molecular complexity index is 745. The van der Waals surface area contributed by atoms with Crippen LogP contribution >= 0.6 is 0 Å². The van der Waals surface area contributed by atoms with E-state index in [1.54, 1.807) is 6.08 Å². The molecule has 0 aromatic rings. The van der Waals surface area contributed by atoms with Crippen molar-refractivity contribution in [2.75, 3.05) is 0 Å². The predicted molar refractivity (Wildman–Crippen MR) is 106 cm³/mol. The zero-order chi connectivity index (χ0) is 19.4. The SMILES string of the molecule is C[C@H](/C=C/C(=O)O)[C@H]1CC[C@H]2[C@@H]3CCC4=CC(=O)C=C[C@]4(C)[C@H]3CC[C@]12C. The van der Waals surface area contributed by atoms with Crippen molar-refractivity contribution >= 4 is 11.8 Å². The van der Waals surface area contributed by atoms with Crippen molar-refractivity contribution in [3.8, 4) is 0 Å². The lowest BCUT2D eigenvalue weighted by Crippen LogP contribution is -2.50. The first kappa shape index (κ1) is 18.7. The quantitative estimate of drug-likeness (QED) is 0.698. The van der Waals surface area contributed by atoms with Gasteiger partial charge in [-0.15, -0.1) is 0 Å². The van der Waals surface area contributed by atoms with E-state index in [1.807, 2.05) is 12.2 Å². The molecule has 0 unspecified atom stereocenters. The van der Waals surface area contributed by atoms with E-state index in [0.29, 0.717) is 23.2 Å². The molecule has 3 saturated carbocycles. The Hall–Kier alpha value is -1.64. The molecule has 0 aromatic heterocycles. The lowest BCUT2D eigenvalue weighted by Gasteiger charge is -2.57. The maximum absolute atomic E-state index is 11.9. The van der Waals surface area contributed by atoms with Crippen LogP contribution in [0.15, 0.2) is 36.0 Å². The number of carbonyl (C=O) groups excluding carboxylic acids is 1. The molecule has 0 saturated heterocycles. The first-order valence-corrected chi connectivity index (χ1v) is 10.6. The fourth-order valence-corrected chi connectivity index (χ4v) is 7.47. The highest BCUT2D eigenvalue weighted by Gasteiger charge is 2.58. The number of allylic oxidation sites excluding steroid dienone is 5. The monoisotopic (exact) mass is 368 g/mol. The van der Waals surface area contributed by atoms with Crippen molar-refractivity contribution in [3.05, 3.63) is 36.0 Å². The summed E-state index contributed by atoms with van der Waals surface area (Å²) in [5.41, 5.74) is 1.73. The van der Waals surface area contributed by atoms with Crippen LogP contribution in [-0.2, 0) is 9.59 Å². The summed E-state index contributed by atoms with van der Waals surface area (Å²) in [6, 6.07) is 0. The highest BCUT2D eigenvalue weighted by molar-refractivity contribution is 6.01. The average molecular weight is 369 g/mol. The molecule has 0 radical (unpaired) electrons. The van der Waals surface area contributed by atoms with E-state index in [2.05, 4.69) is 26.8 Å². The van der Waals surface area contributed by atoms with E-state index in [4.69, 9.17) is 5.11 Å². The molecular weight excluding hydrogens is 336 g/mol. The summed E-state index contributed by atoms with van der Waals surface area (Å²) in [6.45, 7) is 7.03. The van der Waals surface area contributed by atoms with Gasteiger partial charge in [-0.2, -0.15) is 0 Å². The van der Waals surface area contributed by atoms with Crippen LogP contribution in [0.25, 0.3) is 0 Å². The van der Waals surface area contributed by atoms with Crippen LogP contribution in [0.3, 0.4) is 0 Å². The number of fused-ring (bicyclic) bond motifs is 5. The van der Waals surface area contributed by atoms with Crippen molar-refractivity contribution < 1.29 is 14.7 Å². The van der Waals surface area contributed by atoms with E-state index in [0.717, 1.165) is 18.3 Å². The molecule has 3 heteroatoms. The van der Waals surface area contributed by atoms with Gasteiger partial charge in [-0.1, -0.05) is 38.5 Å². The van der Waals surface area contributed by atoms with Crippen LogP contribution < -0.4 is 0 Å². The summed E-state index contributed by atoms with van der Waals surface area (Å²) >= 11 is 0. The molecule has 0 aliphatic heterocycles. The molecule has 0 amide bonds. The second kappa shape index (κ2) is 6.46. The Morgan fingerprint density at radius 1 is 1.22 bits per heavy atom. The van der Waals surface area contributed by atoms with Gasteiger partial charge < -0.3 is 5.11 Å². The van der Waals surface area contributed by atoms with E-state index in [9.17, 15) is 9.59 Å². The van der Waals surface area contributed by atoms with Gasteiger partial charge in [0.2, 0.25) is 0 Å². The molecule has 0 spiro atoms. The van der Waals surface area contributed by atoms with Crippen LogP contribution in [0.2, 0.25) is 0 Å². The third-order valence-electron chi connectivity index (χ3n) is 8.81. The molecule has 4 aliphatic carbocycles. The Morgan fingerprint density at radius 2 is 2.00 bits per heavy atom. The fourth-order valence-electron chi connectivity index (χ4n) is 7.47. The summed E-state index contributed by atoms with van der Waals surface area (Å²) in [5, 5.41) is 8.99. The highest BCUT2D eigenvalue weighted by atomic mass is 16.4. The summed E-state index contributed by atoms with van der Waals surface area (Å²) in [5.74, 6) is 2.30. The standard InChI is InChI=1S/C24H32O3/c1-15(4-9-22(26)27)19-7-8-20-18-6-5-16-14-17(25)10-12-23(16,2)21(18)11-13-24(19,20)3/h4,9-10,12,14-15,18-21H,5-8,11,13H2,1-3H3,(H,26,27)/b9-4+/t15-,18+,19-,20+,21+,23+,24-/m1/s1. The number of aliphatic carboxylic acids is 1. The van der Waals surface area contributed by atoms with Gasteiger partial charge in [-0.05, 0) is 85.7 Å². The van der Waals surface area contributed by atoms with Crippen molar-refractivity contribution in [2.45, 2.75) is 59.3 Å². The van der Waals surface area contributed by atoms with Gasteiger partial charge in [0, 0.05) is 11.5 Å². The molecule has 0 aromatic carbocycles. The average Bonchev–Trinajstić information content (AvgIpc) is 2.97. The Morgan fingerprint density at radius 3 is 2.74 bits per heavy atom. The lowest BCUT2D eigenvalue weighted by atomic mass is 9.47. The molecule has 7 atom stereocenters. The molecule has 146 valence electrons. The predicted octanol–water partition coefficient (Wildman–Crippen LogP) is 5.19.